The molecule has 1 aliphatic rings. The quantitative estimate of drug-likeness (QED) is 0.798. The van der Waals surface area contributed by atoms with Gasteiger partial charge in [-0.3, -0.25) is 4.90 Å². The third-order valence-electron chi connectivity index (χ3n) is 3.61. The Morgan fingerprint density at radius 1 is 1.10 bits per heavy atom. The van der Waals surface area contributed by atoms with Crippen LogP contribution in [0.25, 0.3) is 0 Å². The summed E-state index contributed by atoms with van der Waals surface area (Å²) in [6.07, 6.45) is 0. The van der Waals surface area contributed by atoms with Crippen LogP contribution in [0.2, 0.25) is 10.0 Å². The molecule has 1 aromatic rings. The van der Waals surface area contributed by atoms with E-state index < -0.39 is 0 Å². The highest BCUT2D eigenvalue weighted by atomic mass is 35.5. The van der Waals surface area contributed by atoms with Crippen molar-refractivity contribution < 1.29 is 0 Å². The molecule has 0 bridgehead atoms. The van der Waals surface area contributed by atoms with Gasteiger partial charge in [0.15, 0.2) is 0 Å². The first-order valence-corrected chi connectivity index (χ1v) is 7.55. The number of piperazine rings is 1. The summed E-state index contributed by atoms with van der Waals surface area (Å²) >= 11 is 12.6. The second-order valence-electron chi connectivity index (χ2n) is 6.20. The van der Waals surface area contributed by atoms with Gasteiger partial charge < -0.3 is 5.32 Å². The maximum Gasteiger partial charge on any atom is 0.0640 e. The molecule has 1 saturated heterocycles. The van der Waals surface area contributed by atoms with Crippen molar-refractivity contribution in [2.75, 3.05) is 26.2 Å². The maximum absolute atomic E-state index is 6.44. The molecule has 0 aliphatic carbocycles. The molecule has 0 aromatic heterocycles. The lowest BCUT2D eigenvalue weighted by molar-refractivity contribution is 0.0863. The van der Waals surface area contributed by atoms with E-state index in [1.54, 1.807) is 0 Å². The zero-order chi connectivity index (χ0) is 14.0. The summed E-state index contributed by atoms with van der Waals surface area (Å²) < 4.78 is 0. The first kappa shape index (κ1) is 21.3. The second kappa shape index (κ2) is 8.81. The summed E-state index contributed by atoms with van der Waals surface area (Å²) in [6.45, 7) is 10.9. The van der Waals surface area contributed by atoms with Crippen LogP contribution in [-0.2, 0) is 0 Å². The van der Waals surface area contributed by atoms with Gasteiger partial charge in [0.25, 0.3) is 0 Å². The van der Waals surface area contributed by atoms with Gasteiger partial charge in [-0.1, -0.05) is 56.1 Å². The minimum Gasteiger partial charge on any atom is -0.314 e. The second-order valence-corrected chi connectivity index (χ2v) is 6.98. The molecule has 122 valence electrons. The number of nitrogens with one attached hydrogen (secondary N) is 1. The average Bonchev–Trinajstić information content (AvgIpc) is 2.35. The van der Waals surface area contributed by atoms with E-state index >= 15 is 0 Å². The molecule has 1 fully saturated rings. The Hall–Kier alpha value is 0.300. The zero-order valence-electron chi connectivity index (χ0n) is 12.7. The number of rotatable bonds is 2. The predicted molar refractivity (Wildman–Crippen MR) is 97.6 cm³/mol. The van der Waals surface area contributed by atoms with Gasteiger partial charge in [0.1, 0.15) is 0 Å². The molecule has 1 heterocycles. The molecule has 1 aliphatic heterocycles. The maximum atomic E-state index is 6.44. The highest BCUT2D eigenvalue weighted by Gasteiger charge is 2.34. The Bertz CT molecular complexity index is 440. The van der Waals surface area contributed by atoms with Crippen LogP contribution < -0.4 is 5.32 Å². The zero-order valence-corrected chi connectivity index (χ0v) is 15.8. The van der Waals surface area contributed by atoms with Crippen molar-refractivity contribution in [2.45, 2.75) is 26.8 Å². The molecule has 0 unspecified atom stereocenters. The summed E-state index contributed by atoms with van der Waals surface area (Å²) in [4.78, 5) is 2.51. The van der Waals surface area contributed by atoms with Gasteiger partial charge in [-0.15, -0.1) is 24.8 Å². The lowest BCUT2D eigenvalue weighted by Crippen LogP contribution is -2.48. The van der Waals surface area contributed by atoms with Crippen molar-refractivity contribution in [3.05, 3.63) is 33.8 Å². The van der Waals surface area contributed by atoms with E-state index in [1.807, 2.05) is 12.1 Å². The van der Waals surface area contributed by atoms with Gasteiger partial charge in [0.05, 0.1) is 10.0 Å². The number of hydrogen-bond donors (Lipinski definition) is 1. The predicted octanol–water partition coefficient (Wildman–Crippen LogP) is 4.83. The molecule has 0 spiro atoms. The minimum absolute atomic E-state index is 0. The fourth-order valence-corrected chi connectivity index (χ4v) is 3.29. The molecule has 1 aromatic carbocycles. The fourth-order valence-electron chi connectivity index (χ4n) is 2.88. The van der Waals surface area contributed by atoms with E-state index in [0.717, 1.165) is 31.7 Å². The van der Waals surface area contributed by atoms with Crippen molar-refractivity contribution in [1.82, 2.24) is 10.2 Å². The molecular weight excluding hydrogens is 350 g/mol. The van der Waals surface area contributed by atoms with Crippen LogP contribution in [0.15, 0.2) is 18.2 Å². The Morgan fingerprint density at radius 2 is 1.67 bits per heavy atom. The van der Waals surface area contributed by atoms with Gasteiger partial charge >= 0.3 is 0 Å². The van der Waals surface area contributed by atoms with Crippen LogP contribution >= 0.6 is 48.0 Å². The van der Waals surface area contributed by atoms with Crippen LogP contribution in [0.4, 0.5) is 0 Å². The first-order chi connectivity index (χ1) is 8.91. The summed E-state index contributed by atoms with van der Waals surface area (Å²) in [6, 6.07) is 6.24. The Labute approximate surface area is 150 Å². The third kappa shape index (κ3) is 5.16. The largest absolute Gasteiger partial charge is 0.314 e. The third-order valence-corrected chi connectivity index (χ3v) is 4.45. The van der Waals surface area contributed by atoms with E-state index in [4.69, 9.17) is 23.2 Å². The molecule has 21 heavy (non-hydrogen) atoms. The lowest BCUT2D eigenvalue weighted by Gasteiger charge is -2.43. The van der Waals surface area contributed by atoms with Crippen LogP contribution in [-0.4, -0.2) is 31.1 Å². The normalized spacial score (nSPS) is 17.6. The number of benzene rings is 1. The monoisotopic (exact) mass is 372 g/mol. The van der Waals surface area contributed by atoms with Crippen molar-refractivity contribution >= 4 is 48.0 Å². The Morgan fingerprint density at radius 3 is 2.19 bits per heavy atom. The van der Waals surface area contributed by atoms with E-state index in [-0.39, 0.29) is 30.2 Å². The minimum atomic E-state index is 0. The van der Waals surface area contributed by atoms with Crippen LogP contribution in [0.5, 0.6) is 0 Å². The molecule has 0 amide bonds. The topological polar surface area (TPSA) is 15.3 Å². The van der Waals surface area contributed by atoms with Gasteiger partial charge in [0.2, 0.25) is 0 Å². The number of hydrogen-bond acceptors (Lipinski definition) is 2. The molecular formula is C15H24Cl4N2. The van der Waals surface area contributed by atoms with Crippen LogP contribution in [0.3, 0.4) is 0 Å². The molecule has 1 N–H and O–H groups in total. The summed E-state index contributed by atoms with van der Waals surface area (Å²) in [5, 5.41) is 4.74. The molecule has 0 saturated carbocycles. The van der Waals surface area contributed by atoms with Crippen molar-refractivity contribution in [3.8, 4) is 0 Å². The lowest BCUT2D eigenvalue weighted by atomic mass is 9.81. The highest BCUT2D eigenvalue weighted by Crippen LogP contribution is 2.42. The summed E-state index contributed by atoms with van der Waals surface area (Å²) in [5.74, 6) is 0. The molecule has 6 heteroatoms. The van der Waals surface area contributed by atoms with Crippen LogP contribution in [0.1, 0.15) is 32.4 Å². The van der Waals surface area contributed by atoms with Crippen LogP contribution in [0, 0.1) is 5.41 Å². The van der Waals surface area contributed by atoms with Gasteiger partial charge in [0, 0.05) is 32.2 Å². The smallest absolute Gasteiger partial charge is 0.0640 e. The van der Waals surface area contributed by atoms with E-state index in [9.17, 15) is 0 Å². The van der Waals surface area contributed by atoms with E-state index in [2.05, 4.69) is 37.1 Å². The molecule has 0 radical (unpaired) electrons. The summed E-state index contributed by atoms with van der Waals surface area (Å²) in [5.41, 5.74) is 1.26. The average molecular weight is 374 g/mol. The Kier molecular flexibility index (Phi) is 8.93. The van der Waals surface area contributed by atoms with Gasteiger partial charge in [-0.05, 0) is 17.0 Å². The van der Waals surface area contributed by atoms with Crippen molar-refractivity contribution in [1.29, 1.82) is 0 Å². The molecule has 2 nitrogen and oxygen atoms in total. The SMILES string of the molecule is CC(C)(C)[C@@H](c1cccc(Cl)c1Cl)N1CCNCC1.Cl.Cl. The number of halogens is 4. The molecule has 2 rings (SSSR count). The summed E-state index contributed by atoms with van der Waals surface area (Å²) in [7, 11) is 0. The fraction of sp³-hybridized carbons (Fsp3) is 0.600. The Balaban J connectivity index is 0.00000200. The number of nitrogens with zero attached hydrogens (tertiary/aromatic N) is 1. The molecule has 1 atom stereocenters. The van der Waals surface area contributed by atoms with Gasteiger partial charge in [-0.25, -0.2) is 0 Å². The van der Waals surface area contributed by atoms with Gasteiger partial charge in [-0.2, -0.15) is 0 Å². The van der Waals surface area contributed by atoms with Crippen molar-refractivity contribution in [2.24, 2.45) is 5.41 Å². The standard InChI is InChI=1S/C15H22Cl2N2.2ClH/c1-15(2,3)14(19-9-7-18-8-10-19)11-5-4-6-12(16)13(11)17;;/h4-6,14,18H,7-10H2,1-3H3;2*1H/t14-;;/m1../s1. The van der Waals surface area contributed by atoms with Crippen molar-refractivity contribution in [3.63, 3.8) is 0 Å². The first-order valence-electron chi connectivity index (χ1n) is 6.80. The van der Waals surface area contributed by atoms with E-state index in [0.29, 0.717) is 16.1 Å². The highest BCUT2D eigenvalue weighted by molar-refractivity contribution is 6.42. The van der Waals surface area contributed by atoms with E-state index in [1.165, 1.54) is 0 Å².